The van der Waals surface area contributed by atoms with E-state index in [0.29, 0.717) is 16.4 Å². The number of hydrogen-bond donors (Lipinski definition) is 2. The van der Waals surface area contributed by atoms with E-state index >= 15 is 0 Å². The van der Waals surface area contributed by atoms with Crippen LogP contribution < -0.4 is 10.2 Å². The van der Waals surface area contributed by atoms with Crippen LogP contribution in [0.25, 0.3) is 21.7 Å². The second kappa shape index (κ2) is 8.58. The number of phenols is 1. The van der Waals surface area contributed by atoms with Gasteiger partial charge in [0.25, 0.3) is 0 Å². The Balaban J connectivity index is 1.64. The van der Waals surface area contributed by atoms with Crippen molar-refractivity contribution in [1.29, 1.82) is 0 Å². The minimum Gasteiger partial charge on any atom is -0.504 e. The van der Waals surface area contributed by atoms with Gasteiger partial charge >= 0.3 is 0 Å². The highest BCUT2D eigenvalue weighted by Gasteiger charge is 2.14. The summed E-state index contributed by atoms with van der Waals surface area (Å²) in [6.07, 6.45) is 1.55. The Morgan fingerprint density at radius 3 is 2.31 bits per heavy atom. The summed E-state index contributed by atoms with van der Waals surface area (Å²) in [6.45, 7) is 0. The number of hydrazone groups is 1. The van der Waals surface area contributed by atoms with Crippen molar-refractivity contribution in [2.24, 2.45) is 5.10 Å². The minimum absolute atomic E-state index is 0.0506. The molecule has 2 N–H and O–H groups in total. The molecule has 0 atom stereocenters. The quantitative estimate of drug-likeness (QED) is 0.324. The Morgan fingerprint density at radius 2 is 1.62 bits per heavy atom. The summed E-state index contributed by atoms with van der Waals surface area (Å²) >= 11 is 1.53. The summed E-state index contributed by atoms with van der Waals surface area (Å²) in [6, 6.07) is 25.5. The largest absolute Gasteiger partial charge is 0.504 e. The Morgan fingerprint density at radius 1 is 0.931 bits per heavy atom. The van der Waals surface area contributed by atoms with Gasteiger partial charge in [0.05, 0.1) is 23.9 Å². The predicted octanol–water partition coefficient (Wildman–Crippen LogP) is 5.64. The molecular formula is C23H19N3O2S. The van der Waals surface area contributed by atoms with Crippen LogP contribution in [0.3, 0.4) is 0 Å². The number of aromatic hydroxyl groups is 1. The van der Waals surface area contributed by atoms with Crippen LogP contribution in [-0.4, -0.2) is 23.4 Å². The Hall–Kier alpha value is -3.64. The lowest BCUT2D eigenvalue weighted by molar-refractivity contribution is 0.373. The topological polar surface area (TPSA) is 66.7 Å². The molecule has 0 amide bonds. The van der Waals surface area contributed by atoms with Crippen molar-refractivity contribution in [2.75, 3.05) is 12.5 Å². The fraction of sp³-hybridized carbons (Fsp3) is 0.0435. The highest BCUT2D eigenvalue weighted by molar-refractivity contribution is 7.19. The summed E-state index contributed by atoms with van der Waals surface area (Å²) < 4.78 is 5.12. The van der Waals surface area contributed by atoms with Gasteiger partial charge in [-0.3, -0.25) is 5.43 Å². The van der Waals surface area contributed by atoms with Crippen LogP contribution in [0.2, 0.25) is 0 Å². The summed E-state index contributed by atoms with van der Waals surface area (Å²) in [7, 11) is 1.51. The Labute approximate surface area is 173 Å². The molecule has 0 spiro atoms. The third-order valence-corrected chi connectivity index (χ3v) is 5.33. The van der Waals surface area contributed by atoms with Crippen molar-refractivity contribution in [3.8, 4) is 33.2 Å². The first-order valence-corrected chi connectivity index (χ1v) is 9.84. The third kappa shape index (κ3) is 4.12. The molecule has 1 heterocycles. The molecule has 144 valence electrons. The van der Waals surface area contributed by atoms with Crippen LogP contribution in [0.15, 0.2) is 84.0 Å². The molecule has 5 nitrogen and oxygen atoms in total. The number of phenolic OH excluding ortho intramolecular Hbond substituents is 1. The maximum absolute atomic E-state index is 10.2. The van der Waals surface area contributed by atoms with Crippen LogP contribution in [0.1, 0.15) is 5.56 Å². The molecule has 0 bridgehead atoms. The zero-order valence-electron chi connectivity index (χ0n) is 15.7. The molecule has 0 radical (unpaired) electrons. The number of hydrogen-bond acceptors (Lipinski definition) is 6. The lowest BCUT2D eigenvalue weighted by Crippen LogP contribution is -1.92. The summed E-state index contributed by atoms with van der Waals surface area (Å²) in [4.78, 5) is 5.82. The highest BCUT2D eigenvalue weighted by atomic mass is 32.1. The molecular weight excluding hydrogens is 382 g/mol. The van der Waals surface area contributed by atoms with E-state index in [9.17, 15) is 5.11 Å². The first-order valence-electron chi connectivity index (χ1n) is 9.03. The Kier molecular flexibility index (Phi) is 5.54. The number of ether oxygens (including phenoxy) is 1. The fourth-order valence-electron chi connectivity index (χ4n) is 2.91. The number of benzene rings is 3. The number of para-hydroxylation sites is 1. The summed E-state index contributed by atoms with van der Waals surface area (Å²) in [5, 5.41) is 15.1. The van der Waals surface area contributed by atoms with Gasteiger partial charge in [-0.05, 0) is 17.7 Å². The van der Waals surface area contributed by atoms with Crippen LogP contribution in [-0.2, 0) is 0 Å². The van der Waals surface area contributed by atoms with E-state index in [1.54, 1.807) is 24.4 Å². The highest BCUT2D eigenvalue weighted by Crippen LogP contribution is 2.38. The minimum atomic E-state index is 0.0506. The van der Waals surface area contributed by atoms with Crippen molar-refractivity contribution < 1.29 is 9.84 Å². The van der Waals surface area contributed by atoms with E-state index in [1.807, 2.05) is 48.5 Å². The van der Waals surface area contributed by atoms with E-state index in [2.05, 4.69) is 22.7 Å². The average molecular weight is 401 g/mol. The smallest absolute Gasteiger partial charge is 0.204 e. The first-order chi connectivity index (χ1) is 14.3. The number of methoxy groups -OCH3 is 1. The zero-order valence-corrected chi connectivity index (χ0v) is 16.6. The van der Waals surface area contributed by atoms with E-state index in [1.165, 1.54) is 18.4 Å². The van der Waals surface area contributed by atoms with E-state index in [-0.39, 0.29) is 5.75 Å². The van der Waals surface area contributed by atoms with Crippen LogP contribution in [0, 0.1) is 0 Å². The normalized spacial score (nSPS) is 10.9. The SMILES string of the molecule is COc1cccc(/C=N\Nc2nc(-c3ccccc3)c(-c3ccccc3)s2)c1O. The molecule has 6 heteroatoms. The van der Waals surface area contributed by atoms with Gasteiger partial charge < -0.3 is 9.84 Å². The number of nitrogens with one attached hydrogen (secondary N) is 1. The zero-order chi connectivity index (χ0) is 20.1. The molecule has 0 saturated carbocycles. The van der Waals surface area contributed by atoms with Crippen LogP contribution in [0.5, 0.6) is 11.5 Å². The molecule has 29 heavy (non-hydrogen) atoms. The van der Waals surface area contributed by atoms with Gasteiger partial charge in [-0.2, -0.15) is 5.10 Å². The second-order valence-electron chi connectivity index (χ2n) is 6.20. The number of rotatable bonds is 6. The molecule has 0 unspecified atom stereocenters. The maximum Gasteiger partial charge on any atom is 0.204 e. The number of anilines is 1. The van der Waals surface area contributed by atoms with Crippen molar-refractivity contribution in [3.05, 3.63) is 84.4 Å². The first kappa shape index (κ1) is 18.7. The average Bonchev–Trinajstić information content (AvgIpc) is 3.20. The molecule has 0 aliphatic heterocycles. The van der Waals surface area contributed by atoms with E-state index in [0.717, 1.165) is 21.7 Å². The van der Waals surface area contributed by atoms with Crippen LogP contribution >= 0.6 is 11.3 Å². The molecule has 3 aromatic carbocycles. The summed E-state index contributed by atoms with van der Waals surface area (Å²) in [5.74, 6) is 0.454. The van der Waals surface area contributed by atoms with Gasteiger partial charge in [-0.15, -0.1) is 0 Å². The monoisotopic (exact) mass is 401 g/mol. The van der Waals surface area contributed by atoms with Crippen molar-refractivity contribution in [3.63, 3.8) is 0 Å². The molecule has 0 fully saturated rings. The maximum atomic E-state index is 10.2. The van der Waals surface area contributed by atoms with E-state index < -0.39 is 0 Å². The van der Waals surface area contributed by atoms with Gasteiger partial charge in [-0.1, -0.05) is 78.1 Å². The molecule has 4 aromatic rings. The van der Waals surface area contributed by atoms with Crippen molar-refractivity contribution in [1.82, 2.24) is 4.98 Å². The number of thiazole rings is 1. The third-order valence-electron chi connectivity index (χ3n) is 4.32. The van der Waals surface area contributed by atoms with Gasteiger partial charge in [-0.25, -0.2) is 4.98 Å². The number of aromatic nitrogens is 1. The lowest BCUT2D eigenvalue weighted by atomic mass is 10.1. The Bertz CT molecular complexity index is 1070. The summed E-state index contributed by atoms with van der Waals surface area (Å²) in [5.41, 5.74) is 6.59. The van der Waals surface area contributed by atoms with Crippen molar-refractivity contribution >= 4 is 22.7 Å². The molecule has 4 rings (SSSR count). The van der Waals surface area contributed by atoms with Gasteiger partial charge in [0.2, 0.25) is 5.13 Å². The van der Waals surface area contributed by atoms with Gasteiger partial charge in [0.1, 0.15) is 0 Å². The lowest BCUT2D eigenvalue weighted by Gasteiger charge is -2.04. The predicted molar refractivity (Wildman–Crippen MR) is 119 cm³/mol. The molecule has 1 aromatic heterocycles. The van der Waals surface area contributed by atoms with Crippen LogP contribution in [0.4, 0.5) is 5.13 Å². The van der Waals surface area contributed by atoms with E-state index in [4.69, 9.17) is 9.72 Å². The standard InChI is InChI=1S/C23H19N3O2S/c1-28-19-14-8-13-18(21(19)27)15-24-26-23-25-20(16-9-4-2-5-10-16)22(29-23)17-11-6-3-7-12-17/h2-15,27H,1H3,(H,25,26)/b24-15-. The molecule has 0 aliphatic rings. The van der Waals surface area contributed by atoms with Crippen molar-refractivity contribution in [2.45, 2.75) is 0 Å². The van der Waals surface area contributed by atoms with Gasteiger partial charge in [0, 0.05) is 11.1 Å². The molecule has 0 aliphatic carbocycles. The molecule has 0 saturated heterocycles. The second-order valence-corrected chi connectivity index (χ2v) is 7.20. The number of nitrogens with zero attached hydrogens (tertiary/aromatic N) is 2. The fourth-order valence-corrected chi connectivity index (χ4v) is 3.85. The van der Waals surface area contributed by atoms with Gasteiger partial charge in [0.15, 0.2) is 11.5 Å².